The first kappa shape index (κ1) is 5.86. The highest BCUT2D eigenvalue weighted by Crippen LogP contribution is 2.38. The second kappa shape index (κ2) is 1.58. The molecule has 0 aromatic rings. The van der Waals surface area contributed by atoms with Crippen molar-refractivity contribution >= 4 is 10.8 Å². The van der Waals surface area contributed by atoms with Gasteiger partial charge in [-0.3, -0.25) is 4.21 Å². The fourth-order valence-corrected chi connectivity index (χ4v) is 3.57. The van der Waals surface area contributed by atoms with Gasteiger partial charge in [-0.2, -0.15) is 0 Å². The molecule has 2 heterocycles. The summed E-state index contributed by atoms with van der Waals surface area (Å²) in [5.41, 5.74) is 0.514. The van der Waals surface area contributed by atoms with E-state index in [-0.39, 0.29) is 0 Å². The van der Waals surface area contributed by atoms with Gasteiger partial charge in [-0.25, -0.2) is 0 Å². The summed E-state index contributed by atoms with van der Waals surface area (Å²) in [7, 11) is 1.67. The van der Waals surface area contributed by atoms with E-state index in [4.69, 9.17) is 0 Å². The van der Waals surface area contributed by atoms with E-state index < -0.39 is 10.8 Å². The predicted octanol–water partition coefficient (Wildman–Crippen LogP) is -0.319. The first-order chi connectivity index (χ1) is 4.20. The Morgan fingerprint density at radius 1 is 1.44 bits per heavy atom. The van der Waals surface area contributed by atoms with Gasteiger partial charge in [0.25, 0.3) is 0 Å². The van der Waals surface area contributed by atoms with Crippen molar-refractivity contribution in [3.63, 3.8) is 0 Å². The smallest absolute Gasteiger partial charge is 0.0325 e. The van der Waals surface area contributed by atoms with Crippen LogP contribution in [0.4, 0.5) is 0 Å². The maximum Gasteiger partial charge on any atom is 0.0325 e. The summed E-state index contributed by atoms with van der Waals surface area (Å²) in [5, 5.41) is 0. The highest BCUT2D eigenvalue weighted by molar-refractivity contribution is 7.86. The van der Waals surface area contributed by atoms with Crippen LogP contribution in [-0.2, 0) is 10.8 Å². The third-order valence-corrected chi connectivity index (χ3v) is 4.01. The first-order valence-corrected chi connectivity index (χ1v) is 4.73. The molecule has 52 valence electrons. The summed E-state index contributed by atoms with van der Waals surface area (Å²) in [6.45, 7) is 2.36. The maximum absolute atomic E-state index is 10.7. The van der Waals surface area contributed by atoms with Crippen LogP contribution in [0.3, 0.4) is 0 Å². The van der Waals surface area contributed by atoms with Crippen molar-refractivity contribution in [2.45, 2.75) is 0 Å². The second-order valence-electron chi connectivity index (χ2n) is 3.40. The van der Waals surface area contributed by atoms with Crippen LogP contribution >= 0.6 is 0 Å². The Balaban J connectivity index is 1.94. The Morgan fingerprint density at radius 3 is 2.33 bits per heavy atom. The Morgan fingerprint density at radius 2 is 2.00 bits per heavy atom. The average Bonchev–Trinajstić information content (AvgIpc) is 1.58. The molecular formula is C6H11NOS. The zero-order chi connectivity index (χ0) is 6.48. The number of hydrogen-bond donors (Lipinski definition) is 0. The van der Waals surface area contributed by atoms with Gasteiger partial charge >= 0.3 is 0 Å². The molecule has 1 spiro atoms. The molecule has 2 aliphatic rings. The van der Waals surface area contributed by atoms with Gasteiger partial charge in [0.05, 0.1) is 0 Å². The summed E-state index contributed by atoms with van der Waals surface area (Å²) < 4.78 is 10.7. The van der Waals surface area contributed by atoms with E-state index in [1.807, 2.05) is 0 Å². The Kier molecular flexibility index (Phi) is 1.03. The molecule has 2 nitrogen and oxygen atoms in total. The van der Waals surface area contributed by atoms with E-state index in [2.05, 4.69) is 11.9 Å². The lowest BCUT2D eigenvalue weighted by atomic mass is 9.83. The van der Waals surface area contributed by atoms with Gasteiger partial charge < -0.3 is 4.90 Å². The van der Waals surface area contributed by atoms with Gasteiger partial charge in [-0.05, 0) is 7.05 Å². The molecule has 0 atom stereocenters. The topological polar surface area (TPSA) is 20.3 Å². The van der Waals surface area contributed by atoms with E-state index in [1.165, 1.54) is 13.1 Å². The van der Waals surface area contributed by atoms with Crippen LogP contribution in [0, 0.1) is 5.41 Å². The fraction of sp³-hybridized carbons (Fsp3) is 1.00. The van der Waals surface area contributed by atoms with Crippen molar-refractivity contribution < 1.29 is 4.21 Å². The van der Waals surface area contributed by atoms with Crippen molar-refractivity contribution in [3.8, 4) is 0 Å². The molecule has 0 amide bonds. The zero-order valence-corrected chi connectivity index (χ0v) is 6.41. The van der Waals surface area contributed by atoms with E-state index in [1.54, 1.807) is 0 Å². The normalized spacial score (nSPS) is 33.9. The molecule has 2 fully saturated rings. The molecule has 2 aliphatic heterocycles. The summed E-state index contributed by atoms with van der Waals surface area (Å²) in [5.74, 6) is 1.94. The van der Waals surface area contributed by atoms with E-state index >= 15 is 0 Å². The van der Waals surface area contributed by atoms with Crippen LogP contribution in [0.15, 0.2) is 0 Å². The Hall–Kier alpha value is 0.110. The minimum Gasteiger partial charge on any atom is -0.305 e. The predicted molar refractivity (Wildman–Crippen MR) is 37.8 cm³/mol. The summed E-state index contributed by atoms with van der Waals surface area (Å²) in [6, 6.07) is 0. The Bertz CT molecular complexity index is 152. The lowest BCUT2D eigenvalue weighted by Crippen LogP contribution is -2.65. The van der Waals surface area contributed by atoms with Crippen LogP contribution < -0.4 is 0 Å². The van der Waals surface area contributed by atoms with Gasteiger partial charge in [-0.1, -0.05) is 0 Å². The van der Waals surface area contributed by atoms with Gasteiger partial charge in [0.15, 0.2) is 0 Å². The summed E-state index contributed by atoms with van der Waals surface area (Å²) >= 11 is 0. The number of nitrogens with zero attached hydrogens (tertiary/aromatic N) is 1. The zero-order valence-electron chi connectivity index (χ0n) is 5.59. The molecule has 0 bridgehead atoms. The number of hydrogen-bond acceptors (Lipinski definition) is 2. The van der Waals surface area contributed by atoms with Gasteiger partial charge in [0.1, 0.15) is 0 Å². The lowest BCUT2D eigenvalue weighted by molar-refractivity contribution is 0.0525. The van der Waals surface area contributed by atoms with Crippen LogP contribution in [0.1, 0.15) is 0 Å². The van der Waals surface area contributed by atoms with Crippen LogP contribution in [-0.4, -0.2) is 40.8 Å². The second-order valence-corrected chi connectivity index (χ2v) is 4.86. The number of likely N-dealkylation sites (tertiary alicyclic amines) is 1. The van der Waals surface area contributed by atoms with Crippen LogP contribution in [0.25, 0.3) is 0 Å². The molecule has 3 heteroatoms. The molecule has 0 aliphatic carbocycles. The van der Waals surface area contributed by atoms with E-state index in [0.29, 0.717) is 5.41 Å². The maximum atomic E-state index is 10.7. The van der Waals surface area contributed by atoms with E-state index in [0.717, 1.165) is 11.5 Å². The van der Waals surface area contributed by atoms with E-state index in [9.17, 15) is 4.21 Å². The monoisotopic (exact) mass is 145 g/mol. The van der Waals surface area contributed by atoms with Gasteiger partial charge in [-0.15, -0.1) is 0 Å². The summed E-state index contributed by atoms with van der Waals surface area (Å²) in [4.78, 5) is 2.29. The van der Waals surface area contributed by atoms with Crippen molar-refractivity contribution in [3.05, 3.63) is 0 Å². The Labute approximate surface area is 57.7 Å². The molecule has 9 heavy (non-hydrogen) atoms. The SMILES string of the molecule is CN1CC2(C1)CS(=O)C2. The van der Waals surface area contributed by atoms with Gasteiger partial charge in [0.2, 0.25) is 0 Å². The third kappa shape index (κ3) is 0.749. The quantitative estimate of drug-likeness (QED) is 0.465. The molecule has 0 N–H and O–H groups in total. The van der Waals surface area contributed by atoms with Crippen LogP contribution in [0.5, 0.6) is 0 Å². The van der Waals surface area contributed by atoms with Crippen molar-refractivity contribution in [2.75, 3.05) is 31.6 Å². The highest BCUT2D eigenvalue weighted by atomic mass is 32.2. The molecule has 2 saturated heterocycles. The van der Waals surface area contributed by atoms with Crippen molar-refractivity contribution in [2.24, 2.45) is 5.41 Å². The minimum absolute atomic E-state index is 0.452. The molecule has 0 aromatic carbocycles. The standard InChI is InChI=1S/C6H11NOS/c1-7-2-6(3-7)4-9(8)5-6/h2-5H2,1H3. The number of rotatable bonds is 0. The molecule has 0 unspecified atom stereocenters. The lowest BCUT2D eigenvalue weighted by Gasteiger charge is -2.53. The van der Waals surface area contributed by atoms with Crippen molar-refractivity contribution in [1.82, 2.24) is 4.90 Å². The van der Waals surface area contributed by atoms with Gasteiger partial charge in [0, 0.05) is 40.8 Å². The third-order valence-electron chi connectivity index (χ3n) is 2.15. The largest absolute Gasteiger partial charge is 0.305 e. The molecule has 2 rings (SSSR count). The molecular weight excluding hydrogens is 134 g/mol. The van der Waals surface area contributed by atoms with Crippen LogP contribution in [0.2, 0.25) is 0 Å². The molecule has 0 aromatic heterocycles. The van der Waals surface area contributed by atoms with Crippen molar-refractivity contribution in [1.29, 1.82) is 0 Å². The molecule has 0 radical (unpaired) electrons. The average molecular weight is 145 g/mol. The first-order valence-electron chi connectivity index (χ1n) is 3.24. The fourth-order valence-electron chi connectivity index (χ4n) is 1.92. The minimum atomic E-state index is -0.452. The molecule has 0 saturated carbocycles. The highest BCUT2D eigenvalue weighted by Gasteiger charge is 2.50. The summed E-state index contributed by atoms with van der Waals surface area (Å²) in [6.07, 6.45) is 0.